The summed E-state index contributed by atoms with van der Waals surface area (Å²) in [5.74, 6) is -0.464. The average molecular weight is 525 g/mol. The highest BCUT2D eigenvalue weighted by molar-refractivity contribution is 7.89. The number of non-ortho nitro benzene ring substituents is 1. The Hall–Kier alpha value is -2.87. The van der Waals surface area contributed by atoms with E-state index in [0.717, 1.165) is 49.9 Å². The van der Waals surface area contributed by atoms with Gasteiger partial charge in [-0.3, -0.25) is 14.9 Å². The number of nitro benzene ring substituents is 1. The fraction of sp³-hybridized carbons (Fsp3) is 0.409. The summed E-state index contributed by atoms with van der Waals surface area (Å²) in [7, 11) is -7.56. The van der Waals surface area contributed by atoms with Gasteiger partial charge in [0.15, 0.2) is 0 Å². The number of hydrogen-bond donors (Lipinski definition) is 2. The average Bonchev–Trinajstić information content (AvgIpc) is 2.84. The summed E-state index contributed by atoms with van der Waals surface area (Å²) < 4.78 is 54.5. The van der Waals surface area contributed by atoms with Crippen LogP contribution in [0.25, 0.3) is 0 Å². The molecule has 0 aromatic heterocycles. The number of benzene rings is 2. The van der Waals surface area contributed by atoms with Gasteiger partial charge in [-0.15, -0.1) is 0 Å². The van der Waals surface area contributed by atoms with Crippen LogP contribution in [0.2, 0.25) is 0 Å². The molecule has 1 amide bonds. The van der Waals surface area contributed by atoms with E-state index in [4.69, 9.17) is 0 Å². The van der Waals surface area contributed by atoms with Crippen molar-refractivity contribution in [3.8, 4) is 0 Å². The van der Waals surface area contributed by atoms with E-state index in [1.54, 1.807) is 4.31 Å². The number of piperidine rings is 1. The molecule has 35 heavy (non-hydrogen) atoms. The topological polar surface area (TPSA) is 156 Å². The summed E-state index contributed by atoms with van der Waals surface area (Å²) >= 11 is 0. The molecule has 3 rings (SSSR count). The molecule has 1 aliphatic heterocycles. The number of carbonyl (C=O) groups is 1. The predicted molar refractivity (Wildman–Crippen MR) is 130 cm³/mol. The molecule has 1 aliphatic rings. The molecule has 2 N–H and O–H groups in total. The summed E-state index contributed by atoms with van der Waals surface area (Å²) in [6.45, 7) is 2.28. The van der Waals surface area contributed by atoms with Crippen LogP contribution < -0.4 is 10.0 Å². The number of rotatable bonds is 10. The Labute approximate surface area is 204 Å². The van der Waals surface area contributed by atoms with Crippen molar-refractivity contribution in [3.63, 3.8) is 0 Å². The molecule has 190 valence electrons. The maximum absolute atomic E-state index is 13.0. The molecule has 0 radical (unpaired) electrons. The minimum atomic E-state index is -3.93. The highest BCUT2D eigenvalue weighted by Gasteiger charge is 2.32. The first-order chi connectivity index (χ1) is 16.5. The first-order valence-corrected chi connectivity index (χ1v) is 14.1. The van der Waals surface area contributed by atoms with E-state index in [2.05, 4.69) is 10.0 Å². The molecule has 2 aromatic carbocycles. The van der Waals surface area contributed by atoms with Crippen LogP contribution in [0.5, 0.6) is 0 Å². The third-order valence-electron chi connectivity index (χ3n) is 5.79. The molecule has 1 fully saturated rings. The maximum atomic E-state index is 13.0. The molecule has 0 saturated carbocycles. The van der Waals surface area contributed by atoms with Gasteiger partial charge in [-0.25, -0.2) is 21.6 Å². The summed E-state index contributed by atoms with van der Waals surface area (Å²) in [5.41, 5.74) is 0.154. The normalized spacial score (nSPS) is 17.1. The van der Waals surface area contributed by atoms with Crippen molar-refractivity contribution < 1.29 is 26.6 Å². The van der Waals surface area contributed by atoms with Gasteiger partial charge >= 0.3 is 0 Å². The predicted octanol–water partition coefficient (Wildman–Crippen LogP) is 2.86. The zero-order valence-electron chi connectivity index (χ0n) is 19.2. The van der Waals surface area contributed by atoms with Crippen LogP contribution in [0.3, 0.4) is 0 Å². The quantitative estimate of drug-likeness (QED) is 0.357. The Morgan fingerprint density at radius 1 is 1.03 bits per heavy atom. The second-order valence-electron chi connectivity index (χ2n) is 8.14. The minimum absolute atomic E-state index is 0.0112. The highest BCUT2D eigenvalue weighted by atomic mass is 32.2. The van der Waals surface area contributed by atoms with Crippen LogP contribution in [0, 0.1) is 10.1 Å². The van der Waals surface area contributed by atoms with E-state index in [1.807, 2.05) is 6.92 Å². The van der Waals surface area contributed by atoms with Crippen LogP contribution in [-0.4, -0.2) is 51.1 Å². The van der Waals surface area contributed by atoms with E-state index in [-0.39, 0.29) is 34.5 Å². The Morgan fingerprint density at radius 3 is 2.26 bits per heavy atom. The van der Waals surface area contributed by atoms with Gasteiger partial charge in [-0.2, -0.15) is 4.31 Å². The number of nitro groups is 1. The standard InChI is InChI=1S/C22H28N4O7S2/c1-2-18-5-3-4-16-25(18)35(32,33)21-10-6-17(7-11-21)24-22(27)14-15-23-34(30,31)20-12-8-19(9-13-20)26(28)29/h6-13,18,23H,2-5,14-16H2,1H3,(H,24,27). The maximum Gasteiger partial charge on any atom is 0.269 e. The van der Waals surface area contributed by atoms with Crippen molar-refractivity contribution >= 4 is 37.3 Å². The lowest BCUT2D eigenvalue weighted by molar-refractivity contribution is -0.384. The van der Waals surface area contributed by atoms with Gasteiger partial charge in [-0.1, -0.05) is 13.3 Å². The molecule has 13 heteroatoms. The molecule has 0 bridgehead atoms. The highest BCUT2D eigenvalue weighted by Crippen LogP contribution is 2.27. The van der Waals surface area contributed by atoms with Gasteiger partial charge in [0.25, 0.3) is 5.69 Å². The minimum Gasteiger partial charge on any atom is -0.326 e. The second kappa shape index (κ2) is 11.2. The van der Waals surface area contributed by atoms with E-state index in [0.29, 0.717) is 12.2 Å². The van der Waals surface area contributed by atoms with Gasteiger partial charge in [-0.05, 0) is 55.7 Å². The van der Waals surface area contributed by atoms with Crippen LogP contribution >= 0.6 is 0 Å². The van der Waals surface area contributed by atoms with Crippen molar-refractivity contribution in [2.75, 3.05) is 18.4 Å². The third kappa shape index (κ3) is 6.63. The van der Waals surface area contributed by atoms with Gasteiger partial charge in [0.2, 0.25) is 26.0 Å². The summed E-state index contributed by atoms with van der Waals surface area (Å²) in [6.07, 6.45) is 3.27. The van der Waals surface area contributed by atoms with Crippen molar-refractivity contribution in [2.24, 2.45) is 0 Å². The van der Waals surface area contributed by atoms with Gasteiger partial charge in [0.1, 0.15) is 0 Å². The molecule has 1 heterocycles. The SMILES string of the molecule is CCC1CCCCN1S(=O)(=O)c1ccc(NC(=O)CCNS(=O)(=O)c2ccc([N+](=O)[O-])cc2)cc1. The molecule has 1 saturated heterocycles. The van der Waals surface area contributed by atoms with E-state index in [9.17, 15) is 31.7 Å². The van der Waals surface area contributed by atoms with Crippen molar-refractivity contribution in [2.45, 2.75) is 54.9 Å². The lowest BCUT2D eigenvalue weighted by atomic mass is 10.0. The molecule has 1 atom stereocenters. The smallest absolute Gasteiger partial charge is 0.269 e. The number of sulfonamides is 2. The van der Waals surface area contributed by atoms with Gasteiger partial charge in [0.05, 0.1) is 14.7 Å². The van der Waals surface area contributed by atoms with Crippen LogP contribution in [0.4, 0.5) is 11.4 Å². The third-order valence-corrected chi connectivity index (χ3v) is 9.23. The first kappa shape index (κ1) is 26.7. The summed E-state index contributed by atoms with van der Waals surface area (Å²) in [5, 5.41) is 13.3. The fourth-order valence-corrected chi connectivity index (χ4v) is 6.70. The lowest BCUT2D eigenvalue weighted by Gasteiger charge is -2.34. The van der Waals surface area contributed by atoms with Gasteiger partial charge in [0, 0.05) is 43.4 Å². The van der Waals surface area contributed by atoms with E-state index < -0.39 is 30.9 Å². The number of amides is 1. The fourth-order valence-electron chi connectivity index (χ4n) is 3.90. The van der Waals surface area contributed by atoms with E-state index >= 15 is 0 Å². The zero-order chi connectivity index (χ0) is 25.6. The van der Waals surface area contributed by atoms with Crippen molar-refractivity contribution in [1.82, 2.24) is 9.03 Å². The molecule has 11 nitrogen and oxygen atoms in total. The molecule has 2 aromatic rings. The number of hydrogen-bond acceptors (Lipinski definition) is 7. The second-order valence-corrected chi connectivity index (χ2v) is 11.8. The number of anilines is 1. The molecule has 0 aliphatic carbocycles. The molecule has 0 spiro atoms. The Bertz CT molecular complexity index is 1260. The number of nitrogens with one attached hydrogen (secondary N) is 2. The van der Waals surface area contributed by atoms with Crippen LogP contribution in [0.1, 0.15) is 39.0 Å². The largest absolute Gasteiger partial charge is 0.326 e. The Morgan fingerprint density at radius 2 is 1.66 bits per heavy atom. The molecular weight excluding hydrogens is 496 g/mol. The van der Waals surface area contributed by atoms with Crippen LogP contribution in [-0.2, 0) is 24.8 Å². The van der Waals surface area contributed by atoms with Crippen molar-refractivity contribution in [3.05, 3.63) is 58.6 Å². The number of carbonyl (C=O) groups excluding carboxylic acids is 1. The summed E-state index contributed by atoms with van der Waals surface area (Å²) in [4.78, 5) is 22.3. The number of nitrogens with zero attached hydrogens (tertiary/aromatic N) is 2. The lowest BCUT2D eigenvalue weighted by Crippen LogP contribution is -2.43. The first-order valence-electron chi connectivity index (χ1n) is 11.2. The monoisotopic (exact) mass is 524 g/mol. The van der Waals surface area contributed by atoms with E-state index in [1.165, 1.54) is 24.3 Å². The Kier molecular flexibility index (Phi) is 8.59. The Balaban J connectivity index is 1.54. The zero-order valence-corrected chi connectivity index (χ0v) is 20.8. The van der Waals surface area contributed by atoms with Crippen LogP contribution in [0.15, 0.2) is 58.3 Å². The van der Waals surface area contributed by atoms with Crippen molar-refractivity contribution in [1.29, 1.82) is 0 Å². The van der Waals surface area contributed by atoms with Gasteiger partial charge < -0.3 is 5.32 Å². The summed E-state index contributed by atoms with van der Waals surface area (Å²) in [6, 6.07) is 10.3. The molecular formula is C22H28N4O7S2. The molecule has 1 unspecified atom stereocenters.